The molecule has 7 nitrogen and oxygen atoms in total. The second-order valence-electron chi connectivity index (χ2n) is 11.8. The smallest absolute Gasteiger partial charge is 0.410 e. The zero-order valence-corrected chi connectivity index (χ0v) is 24.2. The van der Waals surface area contributed by atoms with E-state index in [2.05, 4.69) is 16.7 Å². The van der Waals surface area contributed by atoms with Crippen molar-refractivity contribution in [2.24, 2.45) is 5.92 Å². The molecular formula is C29H44ClN3O4. The van der Waals surface area contributed by atoms with Crippen molar-refractivity contribution in [2.45, 2.75) is 91.3 Å². The van der Waals surface area contributed by atoms with Crippen LogP contribution in [0.5, 0.6) is 0 Å². The van der Waals surface area contributed by atoms with Crippen LogP contribution in [0.25, 0.3) is 0 Å². The van der Waals surface area contributed by atoms with Crippen molar-refractivity contribution in [1.29, 1.82) is 0 Å². The summed E-state index contributed by atoms with van der Waals surface area (Å²) in [6, 6.07) is 4.04. The summed E-state index contributed by atoms with van der Waals surface area (Å²) in [5.41, 5.74) is 2.55. The zero-order chi connectivity index (χ0) is 27.3. The molecule has 1 saturated carbocycles. The summed E-state index contributed by atoms with van der Waals surface area (Å²) in [6.07, 6.45) is 4.51. The minimum atomic E-state index is -0.570. The van der Waals surface area contributed by atoms with Gasteiger partial charge < -0.3 is 14.5 Å². The van der Waals surface area contributed by atoms with Crippen LogP contribution >= 0.6 is 11.6 Å². The van der Waals surface area contributed by atoms with Gasteiger partial charge in [0, 0.05) is 69.6 Å². The van der Waals surface area contributed by atoms with Gasteiger partial charge >= 0.3 is 6.09 Å². The molecule has 8 heteroatoms. The molecule has 1 aromatic carbocycles. The molecule has 37 heavy (non-hydrogen) atoms. The number of hydrogen-bond donors (Lipinski definition) is 0. The first kappa shape index (κ1) is 29.4. The molecule has 3 rings (SSSR count). The Balaban J connectivity index is 1.56. The summed E-state index contributed by atoms with van der Waals surface area (Å²) < 4.78 is 5.36. The minimum absolute atomic E-state index is 0.0550. The number of ketones is 1. The molecule has 2 amide bonds. The number of carbonyl (C=O) groups excluding carboxylic acids is 3. The van der Waals surface area contributed by atoms with Crippen molar-refractivity contribution >= 4 is 29.4 Å². The van der Waals surface area contributed by atoms with Crippen molar-refractivity contribution in [1.82, 2.24) is 14.7 Å². The lowest BCUT2D eigenvalue weighted by Gasteiger charge is -2.41. The molecule has 1 aliphatic carbocycles. The van der Waals surface area contributed by atoms with Crippen LogP contribution in [-0.4, -0.2) is 77.4 Å². The number of amides is 2. The molecule has 1 aromatic rings. The third-order valence-electron chi connectivity index (χ3n) is 7.50. The maximum absolute atomic E-state index is 12.9. The highest BCUT2D eigenvalue weighted by Crippen LogP contribution is 2.29. The second-order valence-corrected chi connectivity index (χ2v) is 12.2. The fraction of sp³-hybridized carbons (Fsp3) is 0.690. The Kier molecular flexibility index (Phi) is 10.0. The lowest BCUT2D eigenvalue weighted by molar-refractivity contribution is -0.140. The molecule has 2 fully saturated rings. The fourth-order valence-electron chi connectivity index (χ4n) is 5.32. The van der Waals surface area contributed by atoms with Crippen LogP contribution in [0.4, 0.5) is 4.79 Å². The van der Waals surface area contributed by atoms with Gasteiger partial charge in [-0.05, 0) is 76.3 Å². The van der Waals surface area contributed by atoms with Crippen molar-refractivity contribution in [2.75, 3.05) is 33.2 Å². The van der Waals surface area contributed by atoms with Gasteiger partial charge in [0.2, 0.25) is 5.91 Å². The number of carbonyl (C=O) groups is 3. The lowest BCUT2D eigenvalue weighted by Crippen LogP contribution is -2.54. The summed E-state index contributed by atoms with van der Waals surface area (Å²) in [7, 11) is 1.65. The van der Waals surface area contributed by atoms with E-state index in [1.807, 2.05) is 39.8 Å². The molecular weight excluding hydrogens is 490 g/mol. The van der Waals surface area contributed by atoms with Crippen LogP contribution in [0, 0.1) is 12.8 Å². The van der Waals surface area contributed by atoms with E-state index in [1.54, 1.807) is 7.05 Å². The number of nitrogens with zero attached hydrogens (tertiary/aromatic N) is 3. The molecule has 0 aromatic heterocycles. The molecule has 0 N–H and O–H groups in total. The molecule has 1 saturated heterocycles. The number of benzene rings is 1. The monoisotopic (exact) mass is 533 g/mol. The molecule has 0 bridgehead atoms. The third kappa shape index (κ3) is 8.44. The van der Waals surface area contributed by atoms with E-state index in [4.69, 9.17) is 16.3 Å². The van der Waals surface area contributed by atoms with Gasteiger partial charge in [-0.1, -0.05) is 24.4 Å². The van der Waals surface area contributed by atoms with Gasteiger partial charge in [0.1, 0.15) is 11.4 Å². The van der Waals surface area contributed by atoms with E-state index in [0.717, 1.165) is 55.7 Å². The summed E-state index contributed by atoms with van der Waals surface area (Å²) in [4.78, 5) is 43.8. The quantitative estimate of drug-likeness (QED) is 0.457. The number of halogens is 1. The molecule has 1 heterocycles. The molecule has 1 aliphatic heterocycles. The van der Waals surface area contributed by atoms with E-state index in [1.165, 1.54) is 17.7 Å². The number of rotatable bonds is 8. The predicted octanol–water partition coefficient (Wildman–Crippen LogP) is 5.24. The van der Waals surface area contributed by atoms with E-state index < -0.39 is 11.7 Å². The molecule has 206 valence electrons. The third-order valence-corrected chi connectivity index (χ3v) is 7.72. The highest BCUT2D eigenvalue weighted by atomic mass is 35.5. The minimum Gasteiger partial charge on any atom is -0.444 e. The Bertz CT molecular complexity index is 984. The van der Waals surface area contributed by atoms with Crippen molar-refractivity contribution < 1.29 is 19.1 Å². The SMILES string of the molecule is Cc1c(CC(=O)CCN(C)C(=O)OC(C)(C)C)cc(Cl)cc1CN1CCN(C(=O)C2CCCC2)[C@@H](C)C1. The van der Waals surface area contributed by atoms with Crippen LogP contribution < -0.4 is 0 Å². The second kappa shape index (κ2) is 12.6. The van der Waals surface area contributed by atoms with E-state index >= 15 is 0 Å². The van der Waals surface area contributed by atoms with Crippen LogP contribution in [0.1, 0.15) is 76.5 Å². The van der Waals surface area contributed by atoms with E-state index in [9.17, 15) is 14.4 Å². The molecule has 0 radical (unpaired) electrons. The first-order chi connectivity index (χ1) is 17.3. The fourth-order valence-corrected chi connectivity index (χ4v) is 5.59. The van der Waals surface area contributed by atoms with Crippen molar-refractivity contribution in [3.05, 3.63) is 33.8 Å². The lowest BCUT2D eigenvalue weighted by atomic mass is 9.96. The van der Waals surface area contributed by atoms with Crippen molar-refractivity contribution in [3.63, 3.8) is 0 Å². The van der Waals surface area contributed by atoms with Gasteiger partial charge in [-0.3, -0.25) is 14.5 Å². The highest BCUT2D eigenvalue weighted by Gasteiger charge is 2.33. The Morgan fingerprint density at radius 2 is 1.76 bits per heavy atom. The number of ether oxygens (including phenoxy) is 1. The molecule has 1 atom stereocenters. The Morgan fingerprint density at radius 1 is 1.11 bits per heavy atom. The first-order valence-electron chi connectivity index (χ1n) is 13.6. The van der Waals surface area contributed by atoms with Gasteiger partial charge in [0.05, 0.1) is 0 Å². The van der Waals surface area contributed by atoms with Crippen LogP contribution in [0.15, 0.2) is 12.1 Å². The maximum atomic E-state index is 12.9. The Labute approximate surface area is 227 Å². The molecule has 0 unspecified atom stereocenters. The number of piperazine rings is 1. The predicted molar refractivity (Wildman–Crippen MR) is 147 cm³/mol. The average Bonchev–Trinajstić information content (AvgIpc) is 3.34. The largest absolute Gasteiger partial charge is 0.444 e. The molecule has 2 aliphatic rings. The van der Waals surface area contributed by atoms with Gasteiger partial charge in [0.25, 0.3) is 0 Å². The van der Waals surface area contributed by atoms with Gasteiger partial charge in [0.15, 0.2) is 0 Å². The first-order valence-corrected chi connectivity index (χ1v) is 14.0. The van der Waals surface area contributed by atoms with Gasteiger partial charge in [-0.2, -0.15) is 0 Å². The van der Waals surface area contributed by atoms with Crippen LogP contribution in [0.2, 0.25) is 5.02 Å². The summed E-state index contributed by atoms with van der Waals surface area (Å²) >= 11 is 6.47. The Morgan fingerprint density at radius 3 is 2.38 bits per heavy atom. The van der Waals surface area contributed by atoms with Gasteiger partial charge in [-0.15, -0.1) is 0 Å². The zero-order valence-electron chi connectivity index (χ0n) is 23.4. The standard InChI is InChI=1S/C29H44ClN3O4/c1-20-18-32(13-14-33(20)27(35)22-9-7-8-10-22)19-24-16-25(30)15-23(21(24)2)17-26(34)11-12-31(6)28(36)37-29(3,4)5/h15-16,20,22H,7-14,17-19H2,1-6H3/t20-/m0/s1. The topological polar surface area (TPSA) is 70.2 Å². The maximum Gasteiger partial charge on any atom is 0.410 e. The summed E-state index contributed by atoms with van der Waals surface area (Å²) in [6.45, 7) is 13.1. The average molecular weight is 534 g/mol. The Hall–Kier alpha value is -2.12. The molecule has 0 spiro atoms. The van der Waals surface area contributed by atoms with Crippen LogP contribution in [-0.2, 0) is 27.3 Å². The van der Waals surface area contributed by atoms with Gasteiger partial charge in [-0.25, -0.2) is 4.79 Å². The highest BCUT2D eigenvalue weighted by molar-refractivity contribution is 6.30. The number of hydrogen-bond acceptors (Lipinski definition) is 5. The summed E-state index contributed by atoms with van der Waals surface area (Å²) in [5, 5.41) is 0.623. The summed E-state index contributed by atoms with van der Waals surface area (Å²) in [5.74, 6) is 0.606. The van der Waals surface area contributed by atoms with Crippen LogP contribution in [0.3, 0.4) is 0 Å². The normalized spacial score (nSPS) is 19.2. The van der Waals surface area contributed by atoms with E-state index in [-0.39, 0.29) is 30.6 Å². The number of Topliss-reactive ketones (excluding diaryl/α,β-unsaturated/α-hetero) is 1. The van der Waals surface area contributed by atoms with E-state index in [0.29, 0.717) is 17.5 Å². The van der Waals surface area contributed by atoms with Crippen molar-refractivity contribution in [3.8, 4) is 0 Å².